The van der Waals surface area contributed by atoms with E-state index in [4.69, 9.17) is 0 Å². The van der Waals surface area contributed by atoms with E-state index in [0.29, 0.717) is 11.3 Å². The van der Waals surface area contributed by atoms with Crippen molar-refractivity contribution in [2.75, 3.05) is 4.90 Å². The first kappa shape index (κ1) is 19.6. The van der Waals surface area contributed by atoms with Crippen molar-refractivity contribution in [3.05, 3.63) is 76.1 Å². The number of hydrogen-bond acceptors (Lipinski definition) is 6. The first-order valence-corrected chi connectivity index (χ1v) is 9.57. The van der Waals surface area contributed by atoms with Crippen molar-refractivity contribution in [3.8, 4) is 5.69 Å². The van der Waals surface area contributed by atoms with Gasteiger partial charge in [-0.2, -0.15) is 0 Å². The van der Waals surface area contributed by atoms with Crippen LogP contribution in [0.15, 0.2) is 54.7 Å². The van der Waals surface area contributed by atoms with Gasteiger partial charge in [-0.05, 0) is 32.9 Å². The highest BCUT2D eigenvalue weighted by molar-refractivity contribution is 5.89. The molecule has 0 saturated heterocycles. The molecule has 9 heteroatoms. The van der Waals surface area contributed by atoms with Crippen LogP contribution in [0.2, 0.25) is 0 Å². The Bertz CT molecular complexity index is 1120. The number of aromatic nitrogens is 3. The van der Waals surface area contributed by atoms with Crippen molar-refractivity contribution in [2.24, 2.45) is 0 Å². The van der Waals surface area contributed by atoms with E-state index >= 15 is 0 Å². The fourth-order valence-corrected chi connectivity index (χ4v) is 3.72. The predicted octanol–water partition coefficient (Wildman–Crippen LogP) is 3.15. The zero-order valence-electron chi connectivity index (χ0n) is 16.9. The number of amides is 1. The lowest BCUT2D eigenvalue weighted by Gasteiger charge is -2.33. The van der Waals surface area contributed by atoms with Gasteiger partial charge < -0.3 is 10.2 Å². The molecule has 0 radical (unpaired) electrons. The van der Waals surface area contributed by atoms with Crippen molar-refractivity contribution in [2.45, 2.75) is 38.9 Å². The average Bonchev–Trinajstić information content (AvgIpc) is 3.09. The number of benzene rings is 2. The van der Waals surface area contributed by atoms with E-state index in [9.17, 15) is 14.9 Å². The second kappa shape index (κ2) is 7.25. The summed E-state index contributed by atoms with van der Waals surface area (Å²) in [7, 11) is 0. The quantitative estimate of drug-likeness (QED) is 0.529. The minimum atomic E-state index is -0.789. The highest BCUT2D eigenvalue weighted by Crippen LogP contribution is 2.39. The Kier molecular flexibility index (Phi) is 4.73. The van der Waals surface area contributed by atoms with Crippen molar-refractivity contribution in [1.82, 2.24) is 20.3 Å². The minimum absolute atomic E-state index is 0.0653. The highest BCUT2D eigenvalue weighted by atomic mass is 16.6. The third kappa shape index (κ3) is 3.49. The molecule has 1 N–H and O–H groups in total. The van der Waals surface area contributed by atoms with E-state index in [0.717, 1.165) is 11.4 Å². The Labute approximate surface area is 173 Å². The van der Waals surface area contributed by atoms with Crippen molar-refractivity contribution in [1.29, 1.82) is 0 Å². The third-order valence-corrected chi connectivity index (χ3v) is 4.86. The van der Waals surface area contributed by atoms with E-state index in [1.165, 1.54) is 6.07 Å². The Morgan fingerprint density at radius 1 is 1.13 bits per heavy atom. The summed E-state index contributed by atoms with van der Waals surface area (Å²) >= 11 is 0. The number of nitro benzene ring substituents is 1. The number of anilines is 1. The number of nitro groups is 1. The molecule has 0 aliphatic carbocycles. The lowest BCUT2D eigenvalue weighted by molar-refractivity contribution is -0.384. The zero-order chi connectivity index (χ0) is 21.5. The summed E-state index contributed by atoms with van der Waals surface area (Å²) in [6, 6.07) is 13.1. The van der Waals surface area contributed by atoms with Crippen LogP contribution in [0, 0.1) is 10.1 Å². The number of nitrogens with zero attached hydrogens (tertiary/aromatic N) is 5. The summed E-state index contributed by atoms with van der Waals surface area (Å²) in [5, 5.41) is 23.0. The zero-order valence-corrected chi connectivity index (χ0v) is 16.9. The van der Waals surface area contributed by atoms with Crippen LogP contribution in [0.5, 0.6) is 0 Å². The van der Waals surface area contributed by atoms with E-state index in [2.05, 4.69) is 15.6 Å². The topological polar surface area (TPSA) is 106 Å². The second-order valence-electron chi connectivity index (χ2n) is 8.21. The van der Waals surface area contributed by atoms with Crippen molar-refractivity contribution < 1.29 is 9.72 Å². The summed E-state index contributed by atoms with van der Waals surface area (Å²) in [6.07, 6.45) is 1.61. The molecule has 1 amide bonds. The van der Waals surface area contributed by atoms with Gasteiger partial charge in [-0.15, -0.1) is 5.10 Å². The molecule has 4 rings (SSSR count). The van der Waals surface area contributed by atoms with Gasteiger partial charge in [0.2, 0.25) is 5.91 Å². The number of hydrogen-bond donors (Lipinski definition) is 1. The fraction of sp³-hybridized carbons (Fsp3) is 0.286. The number of carbonyl (C=O) groups excluding carboxylic acids is 1. The van der Waals surface area contributed by atoms with Crippen LogP contribution in [0.1, 0.15) is 38.1 Å². The molecule has 0 saturated carbocycles. The molecule has 2 aromatic carbocycles. The van der Waals surface area contributed by atoms with Gasteiger partial charge in [0.1, 0.15) is 11.7 Å². The van der Waals surface area contributed by atoms with Gasteiger partial charge in [-0.1, -0.05) is 35.5 Å². The van der Waals surface area contributed by atoms with Crippen LogP contribution in [0.3, 0.4) is 0 Å². The summed E-state index contributed by atoms with van der Waals surface area (Å²) < 4.78 is 1.68. The minimum Gasteiger partial charge on any atom is -0.349 e. The number of nitrogens with one attached hydrogen (secondary N) is 1. The molecule has 1 atom stereocenters. The van der Waals surface area contributed by atoms with E-state index in [-0.39, 0.29) is 18.1 Å². The second-order valence-corrected chi connectivity index (χ2v) is 8.21. The number of carbonyl (C=O) groups is 1. The monoisotopic (exact) mass is 406 g/mol. The van der Waals surface area contributed by atoms with Gasteiger partial charge in [0.25, 0.3) is 5.69 Å². The molecule has 0 bridgehead atoms. The fourth-order valence-electron chi connectivity index (χ4n) is 3.72. The van der Waals surface area contributed by atoms with Crippen LogP contribution >= 0.6 is 0 Å². The molecular weight excluding hydrogens is 384 g/mol. The lowest BCUT2D eigenvalue weighted by Crippen LogP contribution is -2.47. The maximum absolute atomic E-state index is 13.5. The highest BCUT2D eigenvalue weighted by Gasteiger charge is 2.38. The van der Waals surface area contributed by atoms with Crippen molar-refractivity contribution in [3.63, 3.8) is 0 Å². The normalized spacial score (nSPS) is 15.7. The Morgan fingerprint density at radius 3 is 2.50 bits per heavy atom. The van der Waals surface area contributed by atoms with Crippen molar-refractivity contribution >= 4 is 17.3 Å². The van der Waals surface area contributed by atoms with E-state index in [1.807, 2.05) is 45.0 Å². The number of fused-ring (bicyclic) bond motifs is 3. The summed E-state index contributed by atoms with van der Waals surface area (Å²) in [5.74, 6) is -0.244. The molecule has 1 aliphatic rings. The maximum atomic E-state index is 13.5. The summed E-state index contributed by atoms with van der Waals surface area (Å²) in [5.41, 5.74) is 1.97. The molecular formula is C21H22N6O3. The van der Waals surface area contributed by atoms with Crippen LogP contribution < -0.4 is 10.2 Å². The van der Waals surface area contributed by atoms with Crippen LogP contribution in [-0.2, 0) is 11.3 Å². The number of rotatable bonds is 3. The summed E-state index contributed by atoms with van der Waals surface area (Å²) in [4.78, 5) is 26.6. The summed E-state index contributed by atoms with van der Waals surface area (Å²) in [6.45, 7) is 5.93. The molecule has 0 spiro atoms. The first-order valence-electron chi connectivity index (χ1n) is 9.57. The maximum Gasteiger partial charge on any atom is 0.292 e. The first-order chi connectivity index (χ1) is 14.3. The van der Waals surface area contributed by atoms with Crippen LogP contribution in [-0.4, -0.2) is 31.4 Å². The third-order valence-electron chi connectivity index (χ3n) is 4.86. The van der Waals surface area contributed by atoms with Crippen LogP contribution in [0.25, 0.3) is 5.69 Å². The molecule has 9 nitrogen and oxygen atoms in total. The largest absolute Gasteiger partial charge is 0.349 e. The van der Waals surface area contributed by atoms with Gasteiger partial charge in [0, 0.05) is 17.2 Å². The molecule has 1 aliphatic heterocycles. The molecule has 30 heavy (non-hydrogen) atoms. The molecule has 3 aromatic rings. The Morgan fingerprint density at radius 2 is 1.80 bits per heavy atom. The number of para-hydroxylation sites is 3. The Hall–Kier alpha value is -3.75. The molecule has 1 aromatic heterocycles. The average molecular weight is 406 g/mol. The Balaban J connectivity index is 1.96. The standard InChI is InChI=1S/C21H22N6O3/c1-21(2,3)23-20(28)19-15-8-4-5-9-16(15)26-14(12-22-24-26)13-25(19)17-10-6-7-11-18(17)27(29)30/h4-12,19H,13H2,1-3H3,(H,23,28). The van der Waals surface area contributed by atoms with Gasteiger partial charge in [0.05, 0.1) is 29.0 Å². The van der Waals surface area contributed by atoms with Gasteiger partial charge in [0.15, 0.2) is 0 Å². The smallest absolute Gasteiger partial charge is 0.292 e. The molecule has 0 fully saturated rings. The SMILES string of the molecule is CC(C)(C)NC(=O)C1c2ccccc2-n2nncc2CN1c1ccccc1[N+](=O)[O-]. The van der Waals surface area contributed by atoms with Crippen LogP contribution in [0.4, 0.5) is 11.4 Å². The molecule has 2 heterocycles. The van der Waals surface area contributed by atoms with E-state index in [1.54, 1.807) is 34.0 Å². The van der Waals surface area contributed by atoms with Gasteiger partial charge >= 0.3 is 0 Å². The molecule has 1 unspecified atom stereocenters. The van der Waals surface area contributed by atoms with Gasteiger partial charge in [-0.3, -0.25) is 14.9 Å². The lowest BCUT2D eigenvalue weighted by atomic mass is 9.99. The predicted molar refractivity (Wildman–Crippen MR) is 111 cm³/mol. The molecule has 154 valence electrons. The van der Waals surface area contributed by atoms with Gasteiger partial charge in [-0.25, -0.2) is 4.68 Å². The van der Waals surface area contributed by atoms with E-state index < -0.39 is 16.5 Å².